The van der Waals surface area contributed by atoms with E-state index in [-0.39, 0.29) is 12.4 Å². The lowest BCUT2D eigenvalue weighted by Crippen LogP contribution is -2.30. The number of ketones is 1. The summed E-state index contributed by atoms with van der Waals surface area (Å²) in [5, 5.41) is 0. The minimum Gasteiger partial charge on any atom is -0.369 e. The quantitative estimate of drug-likeness (QED) is 0.461. The van der Waals surface area contributed by atoms with Gasteiger partial charge in [0.2, 0.25) is 12.1 Å². The SMILES string of the molecule is O=C(COCc1ccccc1)C(OCc1ccccc1)OCc1ccccc1. The fourth-order valence-corrected chi connectivity index (χ4v) is 2.64. The standard InChI is InChI=1S/C24H24O4/c25-23(19-26-16-20-10-4-1-5-11-20)24(27-17-21-12-6-2-7-13-21)28-18-22-14-8-3-9-15-22/h1-15,24H,16-19H2. The molecule has 0 atom stereocenters. The van der Waals surface area contributed by atoms with Crippen molar-refractivity contribution in [3.63, 3.8) is 0 Å². The fraction of sp³-hybridized carbons (Fsp3) is 0.208. The molecule has 0 aromatic heterocycles. The van der Waals surface area contributed by atoms with Crippen LogP contribution in [0, 0.1) is 0 Å². The predicted molar refractivity (Wildman–Crippen MR) is 107 cm³/mol. The zero-order valence-electron chi connectivity index (χ0n) is 15.7. The molecule has 4 heteroatoms. The van der Waals surface area contributed by atoms with E-state index in [0.717, 1.165) is 16.7 Å². The van der Waals surface area contributed by atoms with Crippen LogP contribution in [0.2, 0.25) is 0 Å². The van der Waals surface area contributed by atoms with E-state index < -0.39 is 6.29 Å². The summed E-state index contributed by atoms with van der Waals surface area (Å²) < 4.78 is 17.1. The van der Waals surface area contributed by atoms with Crippen molar-refractivity contribution in [1.29, 1.82) is 0 Å². The van der Waals surface area contributed by atoms with Crippen LogP contribution in [0.25, 0.3) is 0 Å². The molecule has 28 heavy (non-hydrogen) atoms. The molecule has 3 aromatic carbocycles. The van der Waals surface area contributed by atoms with Crippen LogP contribution in [0.3, 0.4) is 0 Å². The monoisotopic (exact) mass is 376 g/mol. The Morgan fingerprint density at radius 1 is 0.607 bits per heavy atom. The highest BCUT2D eigenvalue weighted by molar-refractivity contribution is 5.83. The fourth-order valence-electron chi connectivity index (χ4n) is 2.64. The number of Topliss-reactive ketones (excluding diaryl/α,β-unsaturated/α-hetero) is 1. The first-order chi connectivity index (χ1) is 13.8. The molecular weight excluding hydrogens is 352 g/mol. The Kier molecular flexibility index (Phi) is 7.94. The molecule has 0 saturated heterocycles. The highest BCUT2D eigenvalue weighted by Gasteiger charge is 2.20. The highest BCUT2D eigenvalue weighted by Crippen LogP contribution is 2.10. The first-order valence-corrected chi connectivity index (χ1v) is 9.27. The summed E-state index contributed by atoms with van der Waals surface area (Å²) in [7, 11) is 0. The third-order valence-electron chi connectivity index (χ3n) is 4.11. The van der Waals surface area contributed by atoms with Crippen LogP contribution >= 0.6 is 0 Å². The topological polar surface area (TPSA) is 44.8 Å². The summed E-state index contributed by atoms with van der Waals surface area (Å²) in [6.07, 6.45) is -0.976. The molecule has 0 unspecified atom stereocenters. The smallest absolute Gasteiger partial charge is 0.220 e. The Balaban J connectivity index is 1.54. The van der Waals surface area contributed by atoms with E-state index >= 15 is 0 Å². The molecule has 0 aliphatic heterocycles. The number of carbonyl (C=O) groups is 1. The van der Waals surface area contributed by atoms with Gasteiger partial charge in [0.15, 0.2) is 0 Å². The van der Waals surface area contributed by atoms with Gasteiger partial charge in [-0.15, -0.1) is 0 Å². The van der Waals surface area contributed by atoms with Gasteiger partial charge in [-0.25, -0.2) is 0 Å². The lowest BCUT2D eigenvalue weighted by atomic mass is 10.2. The normalized spacial score (nSPS) is 10.9. The van der Waals surface area contributed by atoms with Crippen molar-refractivity contribution >= 4 is 5.78 Å². The van der Waals surface area contributed by atoms with Crippen molar-refractivity contribution in [3.8, 4) is 0 Å². The van der Waals surface area contributed by atoms with Gasteiger partial charge in [0, 0.05) is 0 Å². The second-order valence-corrected chi connectivity index (χ2v) is 6.37. The molecule has 0 saturated carbocycles. The van der Waals surface area contributed by atoms with Gasteiger partial charge >= 0.3 is 0 Å². The molecule has 0 amide bonds. The molecule has 0 aliphatic carbocycles. The average Bonchev–Trinajstić information content (AvgIpc) is 2.76. The minimum absolute atomic E-state index is 0.0663. The van der Waals surface area contributed by atoms with Gasteiger partial charge in [0.25, 0.3) is 0 Å². The van der Waals surface area contributed by atoms with Crippen molar-refractivity contribution < 1.29 is 19.0 Å². The van der Waals surface area contributed by atoms with E-state index in [2.05, 4.69) is 0 Å². The van der Waals surface area contributed by atoms with Crippen LogP contribution in [0.1, 0.15) is 16.7 Å². The molecule has 0 spiro atoms. The van der Waals surface area contributed by atoms with Crippen LogP contribution in [0.15, 0.2) is 91.0 Å². The second kappa shape index (κ2) is 11.1. The van der Waals surface area contributed by atoms with Gasteiger partial charge < -0.3 is 14.2 Å². The maximum Gasteiger partial charge on any atom is 0.220 e. The van der Waals surface area contributed by atoms with Crippen LogP contribution in [0.5, 0.6) is 0 Å². The summed E-state index contributed by atoms with van der Waals surface area (Å²) in [6.45, 7) is 0.898. The number of benzene rings is 3. The first kappa shape index (κ1) is 20.0. The number of carbonyl (C=O) groups excluding carboxylic acids is 1. The van der Waals surface area contributed by atoms with Crippen molar-refractivity contribution in [2.45, 2.75) is 26.1 Å². The predicted octanol–water partition coefficient (Wildman–Crippen LogP) is 4.53. The Labute approximate surface area is 165 Å². The summed E-state index contributed by atoms with van der Waals surface area (Å²) in [4.78, 5) is 12.6. The third-order valence-corrected chi connectivity index (χ3v) is 4.11. The molecule has 0 N–H and O–H groups in total. The molecule has 0 radical (unpaired) electrons. The van der Waals surface area contributed by atoms with Crippen LogP contribution in [-0.4, -0.2) is 18.7 Å². The molecule has 4 nitrogen and oxygen atoms in total. The van der Waals surface area contributed by atoms with Crippen molar-refractivity contribution in [3.05, 3.63) is 108 Å². The number of ether oxygens (including phenoxy) is 3. The van der Waals surface area contributed by atoms with Gasteiger partial charge in [0.05, 0.1) is 19.8 Å². The summed E-state index contributed by atoms with van der Waals surface area (Å²) in [5.74, 6) is -0.234. The molecule has 0 bridgehead atoms. The Morgan fingerprint density at radius 2 is 1.00 bits per heavy atom. The van der Waals surface area contributed by atoms with E-state index in [1.807, 2.05) is 91.0 Å². The van der Waals surface area contributed by atoms with E-state index in [4.69, 9.17) is 14.2 Å². The lowest BCUT2D eigenvalue weighted by molar-refractivity contribution is -0.181. The van der Waals surface area contributed by atoms with Crippen molar-refractivity contribution in [2.75, 3.05) is 6.61 Å². The van der Waals surface area contributed by atoms with Crippen molar-refractivity contribution in [1.82, 2.24) is 0 Å². The van der Waals surface area contributed by atoms with E-state index in [1.54, 1.807) is 0 Å². The van der Waals surface area contributed by atoms with Gasteiger partial charge in [0.1, 0.15) is 6.61 Å². The van der Waals surface area contributed by atoms with E-state index in [9.17, 15) is 4.79 Å². The Morgan fingerprint density at radius 3 is 1.43 bits per heavy atom. The first-order valence-electron chi connectivity index (χ1n) is 9.27. The number of rotatable bonds is 11. The second-order valence-electron chi connectivity index (χ2n) is 6.37. The van der Waals surface area contributed by atoms with E-state index in [1.165, 1.54) is 0 Å². The average molecular weight is 376 g/mol. The molecule has 3 aromatic rings. The van der Waals surface area contributed by atoms with Gasteiger partial charge in [-0.1, -0.05) is 91.0 Å². The minimum atomic E-state index is -0.976. The highest BCUT2D eigenvalue weighted by atomic mass is 16.7. The largest absolute Gasteiger partial charge is 0.369 e. The summed E-state index contributed by atoms with van der Waals surface area (Å²) in [6, 6.07) is 29.2. The number of hydrogen-bond acceptors (Lipinski definition) is 4. The van der Waals surface area contributed by atoms with E-state index in [0.29, 0.717) is 19.8 Å². The lowest BCUT2D eigenvalue weighted by Gasteiger charge is -2.18. The van der Waals surface area contributed by atoms with Gasteiger partial charge in [-0.05, 0) is 16.7 Å². The zero-order valence-corrected chi connectivity index (χ0v) is 15.7. The van der Waals surface area contributed by atoms with Crippen LogP contribution in [0.4, 0.5) is 0 Å². The molecule has 0 fully saturated rings. The Bertz CT molecular complexity index is 775. The molecule has 0 aliphatic rings. The maximum absolute atomic E-state index is 12.6. The van der Waals surface area contributed by atoms with Gasteiger partial charge in [-0.2, -0.15) is 0 Å². The van der Waals surface area contributed by atoms with Crippen molar-refractivity contribution in [2.24, 2.45) is 0 Å². The number of hydrogen-bond donors (Lipinski definition) is 0. The van der Waals surface area contributed by atoms with Crippen LogP contribution < -0.4 is 0 Å². The Hall–Kier alpha value is -2.79. The molecule has 0 heterocycles. The van der Waals surface area contributed by atoms with Gasteiger partial charge in [-0.3, -0.25) is 4.79 Å². The zero-order chi connectivity index (χ0) is 19.4. The molecular formula is C24H24O4. The summed E-state index contributed by atoms with van der Waals surface area (Å²) >= 11 is 0. The maximum atomic E-state index is 12.6. The molecule has 144 valence electrons. The summed E-state index contributed by atoms with van der Waals surface area (Å²) in [5.41, 5.74) is 2.98. The molecule has 3 rings (SSSR count). The third kappa shape index (κ3) is 6.74. The van der Waals surface area contributed by atoms with Crippen LogP contribution in [-0.2, 0) is 38.8 Å².